The van der Waals surface area contributed by atoms with Crippen LogP contribution in [0.1, 0.15) is 16.1 Å². The quantitative estimate of drug-likeness (QED) is 0.672. The fourth-order valence-corrected chi connectivity index (χ4v) is 1.62. The van der Waals surface area contributed by atoms with Gasteiger partial charge in [-0.3, -0.25) is 4.79 Å². The van der Waals surface area contributed by atoms with E-state index in [0.29, 0.717) is 11.5 Å². The Hall–Kier alpha value is -2.76. The molecule has 1 amide bonds. The van der Waals surface area contributed by atoms with Crippen LogP contribution in [-0.2, 0) is 0 Å². The summed E-state index contributed by atoms with van der Waals surface area (Å²) in [5.41, 5.74) is 3.16. The molecule has 1 N–H and O–H groups in total. The molecule has 0 bridgehead atoms. The molecule has 96 valence electrons. The van der Waals surface area contributed by atoms with E-state index < -0.39 is 5.91 Å². The molecule has 1 aromatic carbocycles. The molecule has 1 aliphatic rings. The zero-order valence-corrected chi connectivity index (χ0v) is 9.83. The van der Waals surface area contributed by atoms with Gasteiger partial charge in [-0.05, 0) is 35.9 Å². The van der Waals surface area contributed by atoms with Crippen LogP contribution in [0, 0.1) is 0 Å². The van der Waals surface area contributed by atoms with E-state index in [1.54, 1.807) is 24.3 Å². The maximum absolute atomic E-state index is 11.5. The van der Waals surface area contributed by atoms with E-state index in [0.717, 1.165) is 5.56 Å². The summed E-state index contributed by atoms with van der Waals surface area (Å²) >= 11 is 0. The van der Waals surface area contributed by atoms with Crippen molar-refractivity contribution in [1.82, 2.24) is 5.43 Å². The van der Waals surface area contributed by atoms with Crippen LogP contribution in [0.4, 0.5) is 0 Å². The lowest BCUT2D eigenvalue weighted by atomic mass is 10.2. The standard InChI is InChI=1S/C13H10N2O4/c16-13(11-2-1-5-17-11)15-14-7-9-3-4-10-12(6-9)19-8-18-10/h1-7H,8H2,(H,15,16)/b14-7+. The topological polar surface area (TPSA) is 73.1 Å². The number of nitrogens with zero attached hydrogens (tertiary/aromatic N) is 1. The number of ether oxygens (including phenoxy) is 2. The molecule has 0 unspecified atom stereocenters. The molecule has 6 heteroatoms. The van der Waals surface area contributed by atoms with Crippen molar-refractivity contribution >= 4 is 12.1 Å². The van der Waals surface area contributed by atoms with Gasteiger partial charge in [-0.25, -0.2) is 5.43 Å². The SMILES string of the molecule is O=C(N/N=C/c1ccc2c(c1)OCO2)c1ccco1. The number of amides is 1. The third-order valence-electron chi connectivity index (χ3n) is 2.52. The summed E-state index contributed by atoms with van der Waals surface area (Å²) in [6.45, 7) is 0.227. The monoisotopic (exact) mass is 258 g/mol. The highest BCUT2D eigenvalue weighted by Gasteiger charge is 2.12. The maximum atomic E-state index is 11.5. The first-order valence-electron chi connectivity index (χ1n) is 5.59. The molecule has 0 fully saturated rings. The third kappa shape index (κ3) is 2.42. The summed E-state index contributed by atoms with van der Waals surface area (Å²) in [6, 6.07) is 8.58. The number of carbonyl (C=O) groups is 1. The largest absolute Gasteiger partial charge is 0.459 e. The number of rotatable bonds is 3. The second-order valence-corrected chi connectivity index (χ2v) is 3.79. The van der Waals surface area contributed by atoms with Crippen molar-refractivity contribution < 1.29 is 18.7 Å². The Kier molecular flexibility index (Phi) is 2.89. The smallest absolute Gasteiger partial charge is 0.307 e. The molecule has 6 nitrogen and oxygen atoms in total. The van der Waals surface area contributed by atoms with Gasteiger partial charge < -0.3 is 13.9 Å². The minimum atomic E-state index is -0.401. The molecular formula is C13H10N2O4. The normalized spacial score (nSPS) is 12.8. The van der Waals surface area contributed by atoms with Crippen molar-refractivity contribution in [3.05, 3.63) is 47.9 Å². The van der Waals surface area contributed by atoms with Crippen LogP contribution in [0.5, 0.6) is 11.5 Å². The van der Waals surface area contributed by atoms with E-state index in [1.165, 1.54) is 12.5 Å². The predicted octanol–water partition coefficient (Wildman–Crippen LogP) is 1.77. The summed E-state index contributed by atoms with van der Waals surface area (Å²) in [6.07, 6.45) is 2.94. The van der Waals surface area contributed by atoms with Gasteiger partial charge >= 0.3 is 5.91 Å². The average molecular weight is 258 g/mol. The highest BCUT2D eigenvalue weighted by atomic mass is 16.7. The number of nitrogens with one attached hydrogen (secondary N) is 1. The number of furan rings is 1. The fourth-order valence-electron chi connectivity index (χ4n) is 1.62. The Morgan fingerprint density at radius 3 is 3.00 bits per heavy atom. The van der Waals surface area contributed by atoms with E-state index in [4.69, 9.17) is 13.9 Å². The van der Waals surface area contributed by atoms with Gasteiger partial charge in [-0.2, -0.15) is 5.10 Å². The molecular weight excluding hydrogens is 248 g/mol. The van der Waals surface area contributed by atoms with Crippen molar-refractivity contribution in [3.63, 3.8) is 0 Å². The Balaban J connectivity index is 1.65. The Morgan fingerprint density at radius 1 is 1.26 bits per heavy atom. The third-order valence-corrected chi connectivity index (χ3v) is 2.52. The number of hydrogen-bond acceptors (Lipinski definition) is 5. The lowest BCUT2D eigenvalue weighted by Gasteiger charge is -1.98. The second kappa shape index (κ2) is 4.85. The lowest BCUT2D eigenvalue weighted by Crippen LogP contribution is -2.16. The molecule has 0 atom stereocenters. The highest BCUT2D eigenvalue weighted by Crippen LogP contribution is 2.31. The van der Waals surface area contributed by atoms with Gasteiger partial charge in [0.2, 0.25) is 6.79 Å². The summed E-state index contributed by atoms with van der Waals surface area (Å²) < 4.78 is 15.4. The molecule has 0 radical (unpaired) electrons. The highest BCUT2D eigenvalue weighted by molar-refractivity contribution is 5.92. The number of hydrazone groups is 1. The molecule has 2 heterocycles. The van der Waals surface area contributed by atoms with Crippen molar-refractivity contribution in [1.29, 1.82) is 0 Å². The molecule has 3 rings (SSSR count). The molecule has 1 aliphatic heterocycles. The first-order chi connectivity index (χ1) is 9.33. The first-order valence-corrected chi connectivity index (χ1v) is 5.59. The molecule has 0 spiro atoms. The summed E-state index contributed by atoms with van der Waals surface area (Å²) in [5, 5.41) is 3.84. The van der Waals surface area contributed by atoms with Crippen LogP contribution in [-0.4, -0.2) is 18.9 Å². The van der Waals surface area contributed by atoms with Gasteiger partial charge in [0.15, 0.2) is 17.3 Å². The molecule has 0 saturated carbocycles. The Bertz CT molecular complexity index is 620. The van der Waals surface area contributed by atoms with Crippen LogP contribution in [0.3, 0.4) is 0 Å². The summed E-state index contributed by atoms with van der Waals surface area (Å²) in [4.78, 5) is 11.5. The van der Waals surface area contributed by atoms with Crippen molar-refractivity contribution in [2.45, 2.75) is 0 Å². The molecule has 2 aromatic rings. The molecule has 0 aliphatic carbocycles. The average Bonchev–Trinajstić information content (AvgIpc) is 3.09. The zero-order chi connectivity index (χ0) is 13.1. The van der Waals surface area contributed by atoms with E-state index in [1.807, 2.05) is 6.07 Å². The number of fused-ring (bicyclic) bond motifs is 1. The van der Waals surface area contributed by atoms with Crippen LogP contribution in [0.15, 0.2) is 46.1 Å². The number of carbonyl (C=O) groups excluding carboxylic acids is 1. The fraction of sp³-hybridized carbons (Fsp3) is 0.0769. The van der Waals surface area contributed by atoms with Crippen LogP contribution >= 0.6 is 0 Å². The van der Waals surface area contributed by atoms with E-state index in [-0.39, 0.29) is 12.6 Å². The van der Waals surface area contributed by atoms with Crippen LogP contribution in [0.25, 0.3) is 0 Å². The minimum absolute atomic E-state index is 0.211. The number of benzene rings is 1. The van der Waals surface area contributed by atoms with Crippen molar-refractivity contribution in [2.24, 2.45) is 5.10 Å². The first kappa shape index (κ1) is 11.3. The van der Waals surface area contributed by atoms with Crippen LogP contribution < -0.4 is 14.9 Å². The molecule has 19 heavy (non-hydrogen) atoms. The zero-order valence-electron chi connectivity index (χ0n) is 9.83. The van der Waals surface area contributed by atoms with E-state index >= 15 is 0 Å². The second-order valence-electron chi connectivity index (χ2n) is 3.79. The minimum Gasteiger partial charge on any atom is -0.459 e. The Morgan fingerprint density at radius 2 is 2.16 bits per heavy atom. The van der Waals surface area contributed by atoms with Gasteiger partial charge in [-0.15, -0.1) is 0 Å². The van der Waals surface area contributed by atoms with Crippen LogP contribution in [0.2, 0.25) is 0 Å². The maximum Gasteiger partial charge on any atom is 0.307 e. The lowest BCUT2D eigenvalue weighted by molar-refractivity contribution is 0.0927. The van der Waals surface area contributed by atoms with Crippen molar-refractivity contribution in [3.8, 4) is 11.5 Å². The van der Waals surface area contributed by atoms with Gasteiger partial charge in [0.1, 0.15) is 0 Å². The molecule has 1 aromatic heterocycles. The van der Waals surface area contributed by atoms with Crippen molar-refractivity contribution in [2.75, 3.05) is 6.79 Å². The Labute approximate surface area is 108 Å². The number of hydrogen-bond donors (Lipinski definition) is 1. The van der Waals surface area contributed by atoms with Gasteiger partial charge in [0.25, 0.3) is 0 Å². The summed E-state index contributed by atoms with van der Waals surface area (Å²) in [5.74, 6) is 1.18. The van der Waals surface area contributed by atoms with Gasteiger partial charge in [0.05, 0.1) is 12.5 Å². The predicted molar refractivity (Wildman–Crippen MR) is 66.3 cm³/mol. The van der Waals surface area contributed by atoms with Gasteiger partial charge in [0, 0.05) is 0 Å². The van der Waals surface area contributed by atoms with E-state index in [9.17, 15) is 4.79 Å². The van der Waals surface area contributed by atoms with Gasteiger partial charge in [-0.1, -0.05) is 0 Å². The summed E-state index contributed by atoms with van der Waals surface area (Å²) in [7, 11) is 0. The van der Waals surface area contributed by atoms with E-state index in [2.05, 4.69) is 10.5 Å². The molecule has 0 saturated heterocycles.